The first-order valence-corrected chi connectivity index (χ1v) is 7.14. The lowest BCUT2D eigenvalue weighted by atomic mass is 10.1. The Bertz CT molecular complexity index is 875. The smallest absolute Gasteiger partial charge is 0.281 e. The van der Waals surface area contributed by atoms with Crippen LogP contribution in [-0.2, 0) is 6.18 Å². The highest BCUT2D eigenvalue weighted by Crippen LogP contribution is 2.37. The molecular weight excluding hydrogens is 319 g/mol. The second kappa shape index (κ2) is 6.71. The number of rotatable bonds is 3. The fourth-order valence-electron chi connectivity index (χ4n) is 2.07. The molecule has 0 saturated carbocycles. The van der Waals surface area contributed by atoms with Crippen molar-refractivity contribution >= 4 is 11.4 Å². The average molecular weight is 333 g/mol. The molecule has 0 saturated heterocycles. The van der Waals surface area contributed by atoms with E-state index in [9.17, 15) is 18.0 Å². The Kier molecular flexibility index (Phi) is 4.88. The third-order valence-electron chi connectivity index (χ3n) is 3.43. The predicted molar refractivity (Wildman–Crippen MR) is 86.2 cm³/mol. The number of alkyl halides is 3. The predicted octanol–water partition coefficient (Wildman–Crippen LogP) is 4.72. The second-order valence-corrected chi connectivity index (χ2v) is 5.07. The van der Waals surface area contributed by atoms with E-state index in [0.29, 0.717) is 17.7 Å². The first-order chi connectivity index (χ1) is 11.3. The van der Waals surface area contributed by atoms with Gasteiger partial charge < -0.3 is 0 Å². The zero-order valence-electron chi connectivity index (χ0n) is 13.1. The van der Waals surface area contributed by atoms with Gasteiger partial charge in [-0.05, 0) is 19.4 Å². The lowest BCUT2D eigenvalue weighted by Gasteiger charge is -2.15. The van der Waals surface area contributed by atoms with E-state index < -0.39 is 23.0 Å². The van der Waals surface area contributed by atoms with Crippen molar-refractivity contribution in [1.82, 2.24) is 4.68 Å². The fourth-order valence-corrected chi connectivity index (χ4v) is 2.07. The molecule has 124 valence electrons. The first kappa shape index (κ1) is 17.5. The van der Waals surface area contributed by atoms with Crippen LogP contribution in [0.1, 0.15) is 25.8 Å². The Morgan fingerprint density at radius 3 is 2.42 bits per heavy atom. The fraction of sp³-hybridized carbons (Fsp3) is 0.235. The molecule has 4 nitrogen and oxygen atoms in total. The van der Waals surface area contributed by atoms with Gasteiger partial charge >= 0.3 is 6.18 Å². The minimum atomic E-state index is -4.80. The molecule has 0 bridgehead atoms. The van der Waals surface area contributed by atoms with Crippen molar-refractivity contribution in [2.24, 2.45) is 5.10 Å². The minimum absolute atomic E-state index is 0.00637. The molecular formula is C17H14F3N3O. The van der Waals surface area contributed by atoms with E-state index in [0.717, 1.165) is 10.7 Å². The quantitative estimate of drug-likeness (QED) is 0.592. The Balaban J connectivity index is 2.93. The third kappa shape index (κ3) is 3.38. The van der Waals surface area contributed by atoms with Crippen molar-refractivity contribution in [3.63, 3.8) is 0 Å². The minimum Gasteiger partial charge on any atom is -0.281 e. The van der Waals surface area contributed by atoms with Crippen LogP contribution in [0.5, 0.6) is 0 Å². The Morgan fingerprint density at radius 1 is 1.29 bits per heavy atom. The summed E-state index contributed by atoms with van der Waals surface area (Å²) in [6, 6.07) is 8.98. The van der Waals surface area contributed by atoms with Crippen LogP contribution < -0.4 is 5.56 Å². The number of pyridine rings is 1. The summed E-state index contributed by atoms with van der Waals surface area (Å²) in [5, 5.41) is 4.10. The standard InChI is InChI=1S/C17H14F3N3O/c1-4-11(2)22-23-14(12-8-6-5-7-9-12)10-13(17(18,19)20)15(21-3)16(23)24/h5-10H,4H2,1-2H3. The summed E-state index contributed by atoms with van der Waals surface area (Å²) in [6.45, 7) is 10.4. The summed E-state index contributed by atoms with van der Waals surface area (Å²) in [6.07, 6.45) is -4.28. The van der Waals surface area contributed by atoms with E-state index in [1.54, 1.807) is 37.3 Å². The molecule has 1 heterocycles. The van der Waals surface area contributed by atoms with Crippen molar-refractivity contribution < 1.29 is 13.2 Å². The molecule has 0 fully saturated rings. The third-order valence-corrected chi connectivity index (χ3v) is 3.43. The molecule has 1 aromatic heterocycles. The average Bonchev–Trinajstić information content (AvgIpc) is 2.55. The monoisotopic (exact) mass is 333 g/mol. The van der Waals surface area contributed by atoms with Crippen LogP contribution in [0, 0.1) is 6.57 Å². The van der Waals surface area contributed by atoms with Crippen LogP contribution in [0.15, 0.2) is 46.3 Å². The topological polar surface area (TPSA) is 38.7 Å². The van der Waals surface area contributed by atoms with E-state index in [4.69, 9.17) is 6.57 Å². The molecule has 2 aromatic rings. The van der Waals surface area contributed by atoms with Crippen LogP contribution >= 0.6 is 0 Å². The van der Waals surface area contributed by atoms with Crippen LogP contribution in [0.4, 0.5) is 18.9 Å². The lowest BCUT2D eigenvalue weighted by Crippen LogP contribution is -2.23. The summed E-state index contributed by atoms with van der Waals surface area (Å²) >= 11 is 0. The first-order valence-electron chi connectivity index (χ1n) is 7.14. The van der Waals surface area contributed by atoms with Crippen LogP contribution in [-0.4, -0.2) is 10.4 Å². The molecule has 0 radical (unpaired) electrons. The van der Waals surface area contributed by atoms with E-state index >= 15 is 0 Å². The summed E-state index contributed by atoms with van der Waals surface area (Å²) in [5.74, 6) is 0. The van der Waals surface area contributed by atoms with Crippen LogP contribution in [0.25, 0.3) is 16.1 Å². The maximum Gasteiger partial charge on any atom is 0.407 e. The van der Waals surface area contributed by atoms with Gasteiger partial charge in [0.2, 0.25) is 0 Å². The molecule has 0 spiro atoms. The Labute approximate surface area is 136 Å². The molecule has 0 aliphatic heterocycles. The molecule has 0 aliphatic rings. The van der Waals surface area contributed by atoms with Crippen molar-refractivity contribution in [1.29, 1.82) is 0 Å². The molecule has 24 heavy (non-hydrogen) atoms. The molecule has 0 atom stereocenters. The molecule has 0 amide bonds. The van der Waals surface area contributed by atoms with E-state index in [1.807, 2.05) is 6.92 Å². The summed E-state index contributed by atoms with van der Waals surface area (Å²) < 4.78 is 40.6. The largest absolute Gasteiger partial charge is 0.407 e. The van der Waals surface area contributed by atoms with Gasteiger partial charge in [-0.25, -0.2) is 9.52 Å². The summed E-state index contributed by atoms with van der Waals surface area (Å²) in [7, 11) is 0. The van der Waals surface area contributed by atoms with Gasteiger partial charge in [-0.3, -0.25) is 4.79 Å². The van der Waals surface area contributed by atoms with Gasteiger partial charge in [0.1, 0.15) is 0 Å². The molecule has 0 unspecified atom stereocenters. The zero-order chi connectivity index (χ0) is 17.9. The Hall–Kier alpha value is -2.88. The zero-order valence-corrected chi connectivity index (χ0v) is 13.1. The summed E-state index contributed by atoms with van der Waals surface area (Å²) in [5.41, 5.74) is -2.34. The van der Waals surface area contributed by atoms with Gasteiger partial charge in [-0.1, -0.05) is 37.3 Å². The van der Waals surface area contributed by atoms with Crippen molar-refractivity contribution in [3.8, 4) is 11.3 Å². The van der Waals surface area contributed by atoms with Crippen molar-refractivity contribution in [2.45, 2.75) is 26.4 Å². The van der Waals surface area contributed by atoms with Crippen molar-refractivity contribution in [3.05, 3.63) is 63.7 Å². The van der Waals surface area contributed by atoms with E-state index in [-0.39, 0.29) is 5.69 Å². The highest BCUT2D eigenvalue weighted by Gasteiger charge is 2.36. The number of benzene rings is 1. The van der Waals surface area contributed by atoms with Crippen LogP contribution in [0.3, 0.4) is 0 Å². The molecule has 0 N–H and O–H groups in total. The normalized spacial score (nSPS) is 12.1. The molecule has 2 rings (SSSR count). The lowest BCUT2D eigenvalue weighted by molar-refractivity contribution is -0.136. The highest BCUT2D eigenvalue weighted by atomic mass is 19.4. The number of aromatic nitrogens is 1. The van der Waals surface area contributed by atoms with Gasteiger partial charge in [-0.2, -0.15) is 18.3 Å². The van der Waals surface area contributed by atoms with Gasteiger partial charge in [0.15, 0.2) is 0 Å². The van der Waals surface area contributed by atoms with Gasteiger partial charge in [0, 0.05) is 11.3 Å². The number of hydrogen-bond acceptors (Lipinski definition) is 2. The maximum atomic E-state index is 13.2. The number of hydrogen-bond donors (Lipinski definition) is 0. The number of halogens is 3. The Morgan fingerprint density at radius 2 is 1.92 bits per heavy atom. The molecule has 7 heteroatoms. The van der Waals surface area contributed by atoms with Crippen molar-refractivity contribution in [2.75, 3.05) is 0 Å². The van der Waals surface area contributed by atoms with Gasteiger partial charge in [-0.15, -0.1) is 0 Å². The van der Waals surface area contributed by atoms with E-state index in [1.165, 1.54) is 0 Å². The van der Waals surface area contributed by atoms with Gasteiger partial charge in [0.25, 0.3) is 11.2 Å². The maximum absolute atomic E-state index is 13.2. The molecule has 0 aliphatic carbocycles. The summed E-state index contributed by atoms with van der Waals surface area (Å²) in [4.78, 5) is 15.2. The number of nitrogens with zero attached hydrogens (tertiary/aromatic N) is 3. The molecule has 1 aromatic carbocycles. The van der Waals surface area contributed by atoms with Crippen LogP contribution in [0.2, 0.25) is 0 Å². The van der Waals surface area contributed by atoms with Gasteiger partial charge in [0.05, 0.1) is 17.8 Å². The SMILES string of the molecule is [C-]#[N+]c1c(C(F)(F)F)cc(-c2ccccc2)n(N=C(C)CC)c1=O. The highest BCUT2D eigenvalue weighted by molar-refractivity contribution is 5.82. The second-order valence-electron chi connectivity index (χ2n) is 5.07. The van der Waals surface area contributed by atoms with E-state index in [2.05, 4.69) is 9.95 Å².